The van der Waals surface area contributed by atoms with E-state index in [1.54, 1.807) is 0 Å². The van der Waals surface area contributed by atoms with Crippen LogP contribution in [0.15, 0.2) is 18.3 Å². The molecule has 3 heteroatoms. The first kappa shape index (κ1) is 14.2. The van der Waals surface area contributed by atoms with Gasteiger partial charge < -0.3 is 10.1 Å². The zero-order valence-corrected chi connectivity index (χ0v) is 12.4. The van der Waals surface area contributed by atoms with Gasteiger partial charge in [0.1, 0.15) is 11.6 Å². The van der Waals surface area contributed by atoms with Crippen molar-refractivity contribution in [2.45, 2.75) is 52.6 Å². The summed E-state index contributed by atoms with van der Waals surface area (Å²) < 4.78 is 6.11. The Morgan fingerprint density at radius 1 is 1.32 bits per heavy atom. The summed E-state index contributed by atoms with van der Waals surface area (Å²) in [5.41, 5.74) is 0. The first-order chi connectivity index (χ1) is 9.19. The maximum Gasteiger partial charge on any atom is 0.129 e. The van der Waals surface area contributed by atoms with Crippen LogP contribution in [0.5, 0.6) is 5.75 Å². The van der Waals surface area contributed by atoms with Crippen LogP contribution in [0, 0.1) is 11.8 Å². The van der Waals surface area contributed by atoms with Crippen molar-refractivity contribution in [1.29, 1.82) is 0 Å². The Kier molecular flexibility index (Phi) is 5.06. The molecule has 1 fully saturated rings. The topological polar surface area (TPSA) is 34.1 Å². The van der Waals surface area contributed by atoms with E-state index in [1.807, 2.05) is 18.3 Å². The highest BCUT2D eigenvalue weighted by Gasteiger charge is 2.25. The van der Waals surface area contributed by atoms with E-state index in [-0.39, 0.29) is 0 Å². The van der Waals surface area contributed by atoms with Gasteiger partial charge in [0.15, 0.2) is 0 Å². The molecule has 2 rings (SSSR count). The van der Waals surface area contributed by atoms with Crippen LogP contribution in [-0.4, -0.2) is 17.6 Å². The largest absolute Gasteiger partial charge is 0.490 e. The first-order valence-corrected chi connectivity index (χ1v) is 7.55. The van der Waals surface area contributed by atoms with Gasteiger partial charge in [-0.1, -0.05) is 20.8 Å². The molecule has 1 aromatic heterocycles. The summed E-state index contributed by atoms with van der Waals surface area (Å²) in [6, 6.07) is 3.97. The molecule has 3 atom stereocenters. The van der Waals surface area contributed by atoms with Crippen LogP contribution >= 0.6 is 0 Å². The van der Waals surface area contributed by atoms with Crippen LogP contribution in [-0.2, 0) is 0 Å². The Bertz CT molecular complexity index is 394. The minimum absolute atomic E-state index is 0.368. The summed E-state index contributed by atoms with van der Waals surface area (Å²) in [7, 11) is 0. The Balaban J connectivity index is 1.91. The number of hydrogen-bond acceptors (Lipinski definition) is 3. The molecule has 0 amide bonds. The van der Waals surface area contributed by atoms with E-state index in [9.17, 15) is 0 Å². The van der Waals surface area contributed by atoms with Crippen molar-refractivity contribution in [2.24, 2.45) is 11.8 Å². The number of rotatable bonds is 5. The van der Waals surface area contributed by atoms with Crippen LogP contribution in [0.3, 0.4) is 0 Å². The lowest BCUT2D eigenvalue weighted by atomic mass is 9.80. The average molecular weight is 262 g/mol. The SMILES string of the molecule is CCCNc1cc(OC2CCC(C)C(C)C2)ccn1. The Hall–Kier alpha value is -1.25. The molecule has 1 heterocycles. The van der Waals surface area contributed by atoms with Crippen LogP contribution in [0.25, 0.3) is 0 Å². The Labute approximate surface area is 116 Å². The number of nitrogens with zero attached hydrogens (tertiary/aromatic N) is 1. The number of aromatic nitrogens is 1. The molecule has 0 aliphatic heterocycles. The van der Waals surface area contributed by atoms with Gasteiger partial charge in [-0.25, -0.2) is 4.98 Å². The van der Waals surface area contributed by atoms with Crippen LogP contribution in [0.4, 0.5) is 5.82 Å². The normalized spacial score (nSPS) is 27.0. The second-order valence-electron chi connectivity index (χ2n) is 5.81. The van der Waals surface area contributed by atoms with E-state index in [0.29, 0.717) is 6.10 Å². The lowest BCUT2D eigenvalue weighted by Crippen LogP contribution is -2.28. The molecule has 3 unspecified atom stereocenters. The lowest BCUT2D eigenvalue weighted by Gasteiger charge is -2.32. The zero-order chi connectivity index (χ0) is 13.7. The summed E-state index contributed by atoms with van der Waals surface area (Å²) >= 11 is 0. The highest BCUT2D eigenvalue weighted by molar-refractivity contribution is 5.40. The smallest absolute Gasteiger partial charge is 0.129 e. The van der Waals surface area contributed by atoms with E-state index in [1.165, 1.54) is 19.3 Å². The Morgan fingerprint density at radius 2 is 2.16 bits per heavy atom. The quantitative estimate of drug-likeness (QED) is 0.867. The van der Waals surface area contributed by atoms with Crippen molar-refractivity contribution < 1.29 is 4.74 Å². The van der Waals surface area contributed by atoms with E-state index >= 15 is 0 Å². The molecule has 0 saturated heterocycles. The number of nitrogens with one attached hydrogen (secondary N) is 1. The molecule has 1 aliphatic carbocycles. The summed E-state index contributed by atoms with van der Waals surface area (Å²) in [4.78, 5) is 4.31. The molecule has 0 radical (unpaired) electrons. The van der Waals surface area contributed by atoms with Gasteiger partial charge in [-0.15, -0.1) is 0 Å². The average Bonchev–Trinajstić information content (AvgIpc) is 2.41. The monoisotopic (exact) mass is 262 g/mol. The van der Waals surface area contributed by atoms with Crippen molar-refractivity contribution in [3.63, 3.8) is 0 Å². The fourth-order valence-electron chi connectivity index (χ4n) is 2.63. The summed E-state index contributed by atoms with van der Waals surface area (Å²) in [6.07, 6.45) is 6.91. The molecule has 0 aromatic carbocycles. The molecule has 0 spiro atoms. The molecular formula is C16H26N2O. The fourth-order valence-corrected chi connectivity index (χ4v) is 2.63. The molecule has 1 saturated carbocycles. The van der Waals surface area contributed by atoms with Gasteiger partial charge in [0.2, 0.25) is 0 Å². The molecular weight excluding hydrogens is 236 g/mol. The first-order valence-electron chi connectivity index (χ1n) is 7.55. The molecule has 106 valence electrons. The molecule has 0 bridgehead atoms. The maximum absolute atomic E-state index is 6.11. The van der Waals surface area contributed by atoms with E-state index in [4.69, 9.17) is 4.74 Å². The minimum atomic E-state index is 0.368. The zero-order valence-electron chi connectivity index (χ0n) is 12.4. The predicted molar refractivity (Wildman–Crippen MR) is 79.6 cm³/mol. The summed E-state index contributed by atoms with van der Waals surface area (Å²) in [6.45, 7) is 7.79. The van der Waals surface area contributed by atoms with Crippen molar-refractivity contribution in [1.82, 2.24) is 4.98 Å². The van der Waals surface area contributed by atoms with Crippen molar-refractivity contribution in [3.8, 4) is 5.75 Å². The number of pyridine rings is 1. The van der Waals surface area contributed by atoms with E-state index in [2.05, 4.69) is 31.1 Å². The van der Waals surface area contributed by atoms with Gasteiger partial charge in [0.25, 0.3) is 0 Å². The highest BCUT2D eigenvalue weighted by atomic mass is 16.5. The van der Waals surface area contributed by atoms with Crippen LogP contribution in [0.2, 0.25) is 0 Å². The van der Waals surface area contributed by atoms with Gasteiger partial charge in [-0.05, 0) is 43.6 Å². The second kappa shape index (κ2) is 6.78. The van der Waals surface area contributed by atoms with Gasteiger partial charge in [-0.2, -0.15) is 0 Å². The lowest BCUT2D eigenvalue weighted by molar-refractivity contribution is 0.101. The van der Waals surface area contributed by atoms with E-state index in [0.717, 1.165) is 36.4 Å². The highest BCUT2D eigenvalue weighted by Crippen LogP contribution is 2.32. The molecule has 19 heavy (non-hydrogen) atoms. The minimum Gasteiger partial charge on any atom is -0.490 e. The van der Waals surface area contributed by atoms with Crippen LogP contribution in [0.1, 0.15) is 46.5 Å². The van der Waals surface area contributed by atoms with Gasteiger partial charge in [0, 0.05) is 18.8 Å². The molecule has 1 aromatic rings. The van der Waals surface area contributed by atoms with Crippen molar-refractivity contribution >= 4 is 5.82 Å². The van der Waals surface area contributed by atoms with Gasteiger partial charge >= 0.3 is 0 Å². The number of hydrogen-bond donors (Lipinski definition) is 1. The summed E-state index contributed by atoms with van der Waals surface area (Å²) in [5.74, 6) is 3.45. The molecule has 1 aliphatic rings. The van der Waals surface area contributed by atoms with E-state index < -0.39 is 0 Å². The third-order valence-corrected chi connectivity index (χ3v) is 4.14. The number of ether oxygens (including phenoxy) is 1. The van der Waals surface area contributed by atoms with Crippen LogP contribution < -0.4 is 10.1 Å². The summed E-state index contributed by atoms with van der Waals surface area (Å²) in [5, 5.41) is 3.30. The van der Waals surface area contributed by atoms with Crippen molar-refractivity contribution in [2.75, 3.05) is 11.9 Å². The standard InChI is InChI=1S/C16H26N2O/c1-4-8-17-16-11-15(7-9-18-16)19-14-6-5-12(2)13(3)10-14/h7,9,11-14H,4-6,8,10H2,1-3H3,(H,17,18). The Morgan fingerprint density at radius 3 is 2.89 bits per heavy atom. The third kappa shape index (κ3) is 4.12. The molecule has 1 N–H and O–H groups in total. The maximum atomic E-state index is 6.11. The number of anilines is 1. The van der Waals surface area contributed by atoms with Gasteiger partial charge in [0.05, 0.1) is 6.10 Å². The second-order valence-corrected chi connectivity index (χ2v) is 5.81. The fraction of sp³-hybridized carbons (Fsp3) is 0.688. The predicted octanol–water partition coefficient (Wildman–Crippen LogP) is 4.11. The third-order valence-electron chi connectivity index (χ3n) is 4.14. The van der Waals surface area contributed by atoms with Gasteiger partial charge in [-0.3, -0.25) is 0 Å². The molecule has 3 nitrogen and oxygen atoms in total. The van der Waals surface area contributed by atoms with Crippen molar-refractivity contribution in [3.05, 3.63) is 18.3 Å².